The van der Waals surface area contributed by atoms with Crippen molar-refractivity contribution in [1.29, 1.82) is 0 Å². The van der Waals surface area contributed by atoms with Crippen LogP contribution in [0.3, 0.4) is 0 Å². The molecule has 0 aliphatic rings. The molecule has 0 amide bonds. The molecule has 0 aliphatic carbocycles. The molecule has 0 fully saturated rings. The van der Waals surface area contributed by atoms with E-state index in [1.807, 2.05) is 67.6 Å². The van der Waals surface area contributed by atoms with Gasteiger partial charge in [0.25, 0.3) is 0 Å². The predicted octanol–water partition coefficient (Wildman–Crippen LogP) is 4.32. The standard InChI is InChI=1S/C19H13NO2/c1-12-7-8-14-10-15-17(20-16(14)9-12)11-18(22-19(15)21)13-5-3-2-4-6-13/h2-11H,1H3. The van der Waals surface area contributed by atoms with Crippen LogP contribution in [-0.4, -0.2) is 4.98 Å². The molecule has 2 aromatic heterocycles. The highest BCUT2D eigenvalue weighted by Crippen LogP contribution is 2.23. The molecule has 22 heavy (non-hydrogen) atoms. The van der Waals surface area contributed by atoms with Crippen LogP contribution < -0.4 is 5.63 Å². The van der Waals surface area contributed by atoms with Crippen LogP contribution >= 0.6 is 0 Å². The highest BCUT2D eigenvalue weighted by Gasteiger charge is 2.09. The molecule has 0 radical (unpaired) electrons. The van der Waals surface area contributed by atoms with Crippen LogP contribution in [-0.2, 0) is 0 Å². The van der Waals surface area contributed by atoms with E-state index in [4.69, 9.17) is 4.42 Å². The summed E-state index contributed by atoms with van der Waals surface area (Å²) in [6.45, 7) is 2.03. The molecule has 2 heterocycles. The average molecular weight is 287 g/mol. The summed E-state index contributed by atoms with van der Waals surface area (Å²) in [4.78, 5) is 16.9. The van der Waals surface area contributed by atoms with Crippen LogP contribution in [0.1, 0.15) is 5.56 Å². The molecule has 4 rings (SSSR count). The quantitative estimate of drug-likeness (QED) is 0.490. The minimum Gasteiger partial charge on any atom is -0.422 e. The highest BCUT2D eigenvalue weighted by molar-refractivity contribution is 5.93. The lowest BCUT2D eigenvalue weighted by Gasteiger charge is -2.04. The summed E-state index contributed by atoms with van der Waals surface area (Å²) in [7, 11) is 0. The van der Waals surface area contributed by atoms with Gasteiger partial charge in [-0.05, 0) is 24.6 Å². The molecular weight excluding hydrogens is 274 g/mol. The van der Waals surface area contributed by atoms with Gasteiger partial charge in [0.1, 0.15) is 5.76 Å². The molecular formula is C19H13NO2. The third kappa shape index (κ3) is 2.07. The van der Waals surface area contributed by atoms with Crippen LogP contribution in [0.5, 0.6) is 0 Å². The zero-order valence-corrected chi connectivity index (χ0v) is 12.0. The predicted molar refractivity (Wildman–Crippen MR) is 88.0 cm³/mol. The van der Waals surface area contributed by atoms with Gasteiger partial charge in [-0.15, -0.1) is 0 Å². The fourth-order valence-corrected chi connectivity index (χ4v) is 2.62. The topological polar surface area (TPSA) is 43.1 Å². The van der Waals surface area contributed by atoms with Gasteiger partial charge in [-0.2, -0.15) is 0 Å². The number of pyridine rings is 1. The normalized spacial score (nSPS) is 11.1. The van der Waals surface area contributed by atoms with E-state index in [2.05, 4.69) is 4.98 Å². The van der Waals surface area contributed by atoms with Gasteiger partial charge in [0.2, 0.25) is 0 Å². The summed E-state index contributed by atoms with van der Waals surface area (Å²) in [5.74, 6) is 0.539. The minimum absolute atomic E-state index is 0.355. The van der Waals surface area contributed by atoms with Gasteiger partial charge in [-0.1, -0.05) is 42.5 Å². The Kier molecular flexibility index (Phi) is 2.79. The van der Waals surface area contributed by atoms with Crippen LogP contribution in [0, 0.1) is 6.92 Å². The van der Waals surface area contributed by atoms with Crippen LogP contribution in [0.15, 0.2) is 69.9 Å². The first-order chi connectivity index (χ1) is 10.7. The molecule has 0 spiro atoms. The fourth-order valence-electron chi connectivity index (χ4n) is 2.62. The van der Waals surface area contributed by atoms with Crippen molar-refractivity contribution >= 4 is 21.8 Å². The van der Waals surface area contributed by atoms with E-state index >= 15 is 0 Å². The van der Waals surface area contributed by atoms with E-state index in [1.165, 1.54) is 0 Å². The van der Waals surface area contributed by atoms with Gasteiger partial charge in [0.15, 0.2) is 0 Å². The Hall–Kier alpha value is -2.94. The van der Waals surface area contributed by atoms with E-state index < -0.39 is 0 Å². The van der Waals surface area contributed by atoms with Gasteiger partial charge in [-0.25, -0.2) is 9.78 Å². The largest absolute Gasteiger partial charge is 0.422 e. The van der Waals surface area contributed by atoms with E-state index in [9.17, 15) is 4.79 Å². The van der Waals surface area contributed by atoms with E-state index in [0.29, 0.717) is 16.7 Å². The fraction of sp³-hybridized carbons (Fsp3) is 0.0526. The number of nitrogens with zero attached hydrogens (tertiary/aromatic N) is 1. The van der Waals surface area contributed by atoms with E-state index in [-0.39, 0.29) is 5.63 Å². The number of hydrogen-bond acceptors (Lipinski definition) is 3. The average Bonchev–Trinajstić information content (AvgIpc) is 2.54. The Morgan fingerprint density at radius 2 is 1.73 bits per heavy atom. The Morgan fingerprint density at radius 1 is 0.909 bits per heavy atom. The first-order valence-corrected chi connectivity index (χ1v) is 7.11. The Balaban J connectivity index is 2.04. The molecule has 2 aromatic carbocycles. The van der Waals surface area contributed by atoms with Crippen molar-refractivity contribution in [3.8, 4) is 11.3 Å². The van der Waals surface area contributed by atoms with E-state index in [1.54, 1.807) is 0 Å². The molecule has 106 valence electrons. The number of hydrogen-bond donors (Lipinski definition) is 0. The van der Waals surface area contributed by atoms with Crippen LogP contribution in [0.25, 0.3) is 33.1 Å². The van der Waals surface area contributed by atoms with Gasteiger partial charge >= 0.3 is 5.63 Å². The number of rotatable bonds is 1. The number of aromatic nitrogens is 1. The zero-order valence-electron chi connectivity index (χ0n) is 12.0. The van der Waals surface area contributed by atoms with Crippen molar-refractivity contribution < 1.29 is 4.42 Å². The highest BCUT2D eigenvalue weighted by atomic mass is 16.4. The lowest BCUT2D eigenvalue weighted by molar-refractivity contribution is 0.534. The lowest BCUT2D eigenvalue weighted by Crippen LogP contribution is -2.01. The summed E-state index contributed by atoms with van der Waals surface area (Å²) < 4.78 is 5.45. The first kappa shape index (κ1) is 12.8. The molecule has 0 saturated heterocycles. The van der Waals surface area contributed by atoms with Crippen molar-refractivity contribution in [2.45, 2.75) is 6.92 Å². The van der Waals surface area contributed by atoms with Crippen molar-refractivity contribution in [3.63, 3.8) is 0 Å². The number of benzene rings is 2. The first-order valence-electron chi connectivity index (χ1n) is 7.11. The molecule has 0 bridgehead atoms. The second-order valence-corrected chi connectivity index (χ2v) is 5.38. The Labute approximate surface area is 126 Å². The van der Waals surface area contributed by atoms with Gasteiger partial charge in [-0.3, -0.25) is 0 Å². The Morgan fingerprint density at radius 3 is 2.55 bits per heavy atom. The van der Waals surface area contributed by atoms with Crippen LogP contribution in [0.4, 0.5) is 0 Å². The van der Waals surface area contributed by atoms with E-state index in [0.717, 1.165) is 22.0 Å². The third-order valence-corrected chi connectivity index (χ3v) is 3.75. The molecule has 4 aromatic rings. The SMILES string of the molecule is Cc1ccc2cc3c(=O)oc(-c4ccccc4)cc3nc2c1. The second kappa shape index (κ2) is 4.81. The van der Waals surface area contributed by atoms with Crippen molar-refractivity contribution in [2.75, 3.05) is 0 Å². The molecule has 0 atom stereocenters. The Bertz CT molecular complexity index is 1050. The van der Waals surface area contributed by atoms with Crippen LogP contribution in [0.2, 0.25) is 0 Å². The number of aryl methyl sites for hydroxylation is 1. The molecule has 3 nitrogen and oxygen atoms in total. The summed E-state index contributed by atoms with van der Waals surface area (Å²) in [5, 5.41) is 1.45. The van der Waals surface area contributed by atoms with Gasteiger partial charge < -0.3 is 4.42 Å². The maximum absolute atomic E-state index is 12.3. The maximum Gasteiger partial charge on any atom is 0.345 e. The number of fused-ring (bicyclic) bond motifs is 2. The van der Waals surface area contributed by atoms with Gasteiger partial charge in [0, 0.05) is 17.0 Å². The summed E-state index contributed by atoms with van der Waals surface area (Å²) in [5.41, 5.74) is 3.20. The molecule has 0 N–H and O–H groups in total. The van der Waals surface area contributed by atoms with Crippen molar-refractivity contribution in [3.05, 3.63) is 76.6 Å². The zero-order chi connectivity index (χ0) is 15.1. The molecule has 0 saturated carbocycles. The molecule has 0 unspecified atom stereocenters. The third-order valence-electron chi connectivity index (χ3n) is 3.75. The monoisotopic (exact) mass is 287 g/mol. The minimum atomic E-state index is -0.355. The van der Waals surface area contributed by atoms with Gasteiger partial charge in [0.05, 0.1) is 16.4 Å². The molecule has 0 aliphatic heterocycles. The summed E-state index contributed by atoms with van der Waals surface area (Å²) >= 11 is 0. The maximum atomic E-state index is 12.3. The van der Waals surface area contributed by atoms with Crippen molar-refractivity contribution in [2.24, 2.45) is 0 Å². The molecule has 3 heteroatoms. The van der Waals surface area contributed by atoms with Crippen molar-refractivity contribution in [1.82, 2.24) is 4.98 Å². The lowest BCUT2D eigenvalue weighted by atomic mass is 10.1. The summed E-state index contributed by atoms with van der Waals surface area (Å²) in [6, 6.07) is 19.3. The smallest absolute Gasteiger partial charge is 0.345 e. The summed E-state index contributed by atoms with van der Waals surface area (Å²) in [6.07, 6.45) is 0. The second-order valence-electron chi connectivity index (χ2n) is 5.38.